The molecule has 2 aliphatic rings. The third kappa shape index (κ3) is 3.72. The molecule has 4 heteroatoms. The molecule has 4 nitrogen and oxygen atoms in total. The molecule has 1 aliphatic carbocycles. The van der Waals surface area contributed by atoms with E-state index in [1.807, 2.05) is 42.3 Å². The van der Waals surface area contributed by atoms with Crippen LogP contribution in [0.4, 0.5) is 0 Å². The van der Waals surface area contributed by atoms with Gasteiger partial charge >= 0.3 is 0 Å². The molecule has 1 amide bonds. The molecule has 0 radical (unpaired) electrons. The molecule has 1 spiro atoms. The van der Waals surface area contributed by atoms with E-state index in [1.54, 1.807) is 0 Å². The summed E-state index contributed by atoms with van der Waals surface area (Å²) in [7, 11) is 4.11. The van der Waals surface area contributed by atoms with Crippen LogP contribution in [-0.2, 0) is 6.54 Å². The van der Waals surface area contributed by atoms with Gasteiger partial charge in [0.2, 0.25) is 0 Å². The van der Waals surface area contributed by atoms with Gasteiger partial charge in [0.25, 0.3) is 5.91 Å². The average Bonchev–Trinajstić information content (AvgIpc) is 2.83. The zero-order chi connectivity index (χ0) is 18.9. The number of fused-ring (bicyclic) bond motifs is 1. The second-order valence-corrected chi connectivity index (χ2v) is 8.08. The quantitative estimate of drug-likeness (QED) is 0.808. The van der Waals surface area contributed by atoms with Crippen LogP contribution in [0.2, 0.25) is 0 Å². The fourth-order valence-corrected chi connectivity index (χ4v) is 4.56. The highest BCUT2D eigenvalue weighted by Gasteiger charge is 2.41. The van der Waals surface area contributed by atoms with E-state index in [4.69, 9.17) is 4.74 Å². The first-order valence-electron chi connectivity index (χ1n) is 9.84. The topological polar surface area (TPSA) is 32.8 Å². The fourth-order valence-electron chi connectivity index (χ4n) is 4.56. The van der Waals surface area contributed by atoms with Gasteiger partial charge in [0.15, 0.2) is 0 Å². The van der Waals surface area contributed by atoms with Crippen molar-refractivity contribution in [3.8, 4) is 5.75 Å². The highest BCUT2D eigenvalue weighted by atomic mass is 16.5. The lowest BCUT2D eigenvalue weighted by Gasteiger charge is -2.43. The number of para-hydroxylation sites is 1. The maximum absolute atomic E-state index is 12.8. The summed E-state index contributed by atoms with van der Waals surface area (Å²) in [4.78, 5) is 17.1. The number of ether oxygens (including phenoxy) is 1. The van der Waals surface area contributed by atoms with E-state index >= 15 is 0 Å². The van der Waals surface area contributed by atoms with Crippen LogP contribution < -0.4 is 4.74 Å². The Labute approximate surface area is 161 Å². The summed E-state index contributed by atoms with van der Waals surface area (Å²) >= 11 is 0. The molecular weight excluding hydrogens is 336 g/mol. The molecule has 1 heterocycles. The first-order valence-corrected chi connectivity index (χ1v) is 9.84. The Morgan fingerprint density at radius 3 is 2.48 bits per heavy atom. The number of hydrogen-bond donors (Lipinski definition) is 0. The molecule has 0 aromatic heterocycles. The van der Waals surface area contributed by atoms with Crippen LogP contribution in [0.3, 0.4) is 0 Å². The summed E-state index contributed by atoms with van der Waals surface area (Å²) in [5.74, 6) is 1.13. The molecule has 1 aliphatic heterocycles. The van der Waals surface area contributed by atoms with Crippen LogP contribution in [0.1, 0.15) is 41.6 Å². The Bertz CT molecular complexity index is 797. The normalized spacial score (nSPS) is 25.3. The van der Waals surface area contributed by atoms with E-state index in [-0.39, 0.29) is 17.6 Å². The van der Waals surface area contributed by atoms with Crippen LogP contribution >= 0.6 is 0 Å². The van der Waals surface area contributed by atoms with Crippen LogP contribution in [0.15, 0.2) is 54.6 Å². The number of amides is 1. The Kier molecular flexibility index (Phi) is 4.92. The maximum Gasteiger partial charge on any atom is 0.253 e. The minimum atomic E-state index is -0.144. The van der Waals surface area contributed by atoms with E-state index in [2.05, 4.69) is 36.2 Å². The van der Waals surface area contributed by atoms with Crippen molar-refractivity contribution in [2.45, 2.75) is 43.9 Å². The summed E-state index contributed by atoms with van der Waals surface area (Å²) in [6.45, 7) is 1.86. The largest absolute Gasteiger partial charge is 0.486 e. The lowest BCUT2D eigenvalue weighted by atomic mass is 9.81. The van der Waals surface area contributed by atoms with Crippen molar-refractivity contribution in [3.63, 3.8) is 0 Å². The third-order valence-corrected chi connectivity index (χ3v) is 6.05. The zero-order valence-electron chi connectivity index (χ0n) is 16.2. The Morgan fingerprint density at radius 2 is 1.74 bits per heavy atom. The van der Waals surface area contributed by atoms with Gasteiger partial charge in [-0.05, 0) is 50.9 Å². The van der Waals surface area contributed by atoms with Crippen LogP contribution in [-0.4, -0.2) is 48.0 Å². The number of likely N-dealkylation sites (N-methyl/N-ethyl adjacent to an activating group) is 1. The molecule has 0 atom stereocenters. The molecule has 2 aromatic rings. The van der Waals surface area contributed by atoms with Gasteiger partial charge in [0, 0.05) is 37.3 Å². The third-order valence-electron chi connectivity index (χ3n) is 6.05. The van der Waals surface area contributed by atoms with Gasteiger partial charge in [-0.2, -0.15) is 0 Å². The number of carbonyl (C=O) groups is 1. The van der Waals surface area contributed by atoms with Gasteiger partial charge < -0.3 is 9.64 Å². The molecule has 0 bridgehead atoms. The van der Waals surface area contributed by atoms with E-state index in [0.717, 1.165) is 50.1 Å². The lowest BCUT2D eigenvalue weighted by molar-refractivity contribution is -0.00842. The van der Waals surface area contributed by atoms with Crippen LogP contribution in [0.25, 0.3) is 0 Å². The van der Waals surface area contributed by atoms with Gasteiger partial charge in [-0.3, -0.25) is 9.69 Å². The number of carbonyl (C=O) groups excluding carboxylic acids is 1. The molecule has 27 heavy (non-hydrogen) atoms. The predicted octanol–water partition coefficient (Wildman–Crippen LogP) is 3.96. The molecule has 2 aromatic carbocycles. The highest BCUT2D eigenvalue weighted by Crippen LogP contribution is 2.39. The average molecular weight is 364 g/mol. The van der Waals surface area contributed by atoms with E-state index in [9.17, 15) is 4.79 Å². The van der Waals surface area contributed by atoms with Crippen molar-refractivity contribution < 1.29 is 9.53 Å². The molecule has 142 valence electrons. The van der Waals surface area contributed by atoms with Crippen molar-refractivity contribution in [3.05, 3.63) is 65.7 Å². The fraction of sp³-hybridized carbons (Fsp3) is 0.435. The highest BCUT2D eigenvalue weighted by molar-refractivity contribution is 5.94. The molecule has 1 saturated carbocycles. The number of rotatable bonds is 2. The summed E-state index contributed by atoms with van der Waals surface area (Å²) in [5, 5.41) is 0. The van der Waals surface area contributed by atoms with E-state index in [0.29, 0.717) is 0 Å². The van der Waals surface area contributed by atoms with E-state index < -0.39 is 0 Å². The molecule has 0 N–H and O–H groups in total. The van der Waals surface area contributed by atoms with Gasteiger partial charge in [0.1, 0.15) is 11.4 Å². The molecular formula is C23H28N2O2. The Hall–Kier alpha value is -2.33. The number of nitrogens with zero attached hydrogens (tertiary/aromatic N) is 2. The molecule has 0 saturated heterocycles. The minimum absolute atomic E-state index is 0.112. The number of benzene rings is 2. The van der Waals surface area contributed by atoms with Crippen molar-refractivity contribution in [2.75, 3.05) is 20.6 Å². The van der Waals surface area contributed by atoms with Crippen LogP contribution in [0.5, 0.6) is 5.75 Å². The van der Waals surface area contributed by atoms with Crippen molar-refractivity contribution in [1.29, 1.82) is 0 Å². The van der Waals surface area contributed by atoms with Crippen LogP contribution in [0, 0.1) is 0 Å². The second kappa shape index (κ2) is 7.35. The standard InChI is InChI=1S/C23H28N2O2/c1-24-16-19-10-6-7-11-21(19)27-23(17-24)14-12-20(13-15-23)25(2)22(26)18-8-4-3-5-9-18/h3-11,20H,12-17H2,1-2H3. The molecule has 1 fully saturated rings. The van der Waals surface area contributed by atoms with Gasteiger partial charge in [-0.1, -0.05) is 36.4 Å². The van der Waals surface area contributed by atoms with Crippen molar-refractivity contribution in [1.82, 2.24) is 9.80 Å². The molecule has 4 rings (SSSR count). The smallest absolute Gasteiger partial charge is 0.253 e. The van der Waals surface area contributed by atoms with Gasteiger partial charge in [-0.15, -0.1) is 0 Å². The lowest BCUT2D eigenvalue weighted by Crippen LogP contribution is -2.51. The first-order chi connectivity index (χ1) is 13.1. The second-order valence-electron chi connectivity index (χ2n) is 8.08. The monoisotopic (exact) mass is 364 g/mol. The van der Waals surface area contributed by atoms with Gasteiger partial charge in [0.05, 0.1) is 0 Å². The summed E-state index contributed by atoms with van der Waals surface area (Å²) in [6, 6.07) is 18.2. The minimum Gasteiger partial charge on any atom is -0.486 e. The number of hydrogen-bond acceptors (Lipinski definition) is 3. The summed E-state index contributed by atoms with van der Waals surface area (Å²) in [6.07, 6.45) is 3.90. The van der Waals surface area contributed by atoms with Crippen molar-refractivity contribution in [2.24, 2.45) is 0 Å². The first kappa shape index (κ1) is 18.1. The van der Waals surface area contributed by atoms with E-state index in [1.165, 1.54) is 5.56 Å². The predicted molar refractivity (Wildman–Crippen MR) is 107 cm³/mol. The summed E-state index contributed by atoms with van der Waals surface area (Å²) < 4.78 is 6.58. The summed E-state index contributed by atoms with van der Waals surface area (Å²) in [5.41, 5.74) is 1.88. The van der Waals surface area contributed by atoms with Gasteiger partial charge in [-0.25, -0.2) is 0 Å². The Morgan fingerprint density at radius 1 is 1.07 bits per heavy atom. The maximum atomic E-state index is 12.8. The zero-order valence-corrected chi connectivity index (χ0v) is 16.2. The van der Waals surface area contributed by atoms with Crippen molar-refractivity contribution >= 4 is 5.91 Å². The Balaban J connectivity index is 1.46. The SMILES string of the molecule is CN1Cc2ccccc2OC2(CCC(N(C)C(=O)c3ccccc3)CC2)C1. The molecule has 0 unspecified atom stereocenters.